The number of anilines is 1. The lowest BCUT2D eigenvalue weighted by Gasteiger charge is -2.23. The summed E-state index contributed by atoms with van der Waals surface area (Å²) >= 11 is 0. The number of hydrogen-bond acceptors (Lipinski definition) is 5. The third-order valence-corrected chi connectivity index (χ3v) is 4.34. The largest absolute Gasteiger partial charge is 0.324 e. The molecule has 144 valence electrons. The Morgan fingerprint density at radius 1 is 1.21 bits per heavy atom. The lowest BCUT2D eigenvalue weighted by Crippen LogP contribution is -2.28. The van der Waals surface area contributed by atoms with E-state index in [0.29, 0.717) is 11.2 Å². The summed E-state index contributed by atoms with van der Waals surface area (Å²) in [6.07, 6.45) is 1.27. The highest BCUT2D eigenvalue weighted by atomic mass is 16.6. The Bertz CT molecular complexity index is 1130. The molecule has 0 bridgehead atoms. The van der Waals surface area contributed by atoms with Gasteiger partial charge in [0, 0.05) is 17.8 Å². The highest BCUT2D eigenvalue weighted by Crippen LogP contribution is 2.29. The first kappa shape index (κ1) is 19.2. The zero-order valence-corrected chi connectivity index (χ0v) is 15.8. The molecule has 0 aliphatic heterocycles. The zero-order valence-electron chi connectivity index (χ0n) is 15.8. The molecule has 8 nitrogen and oxygen atoms in total. The molecule has 8 heteroatoms. The van der Waals surface area contributed by atoms with Crippen molar-refractivity contribution >= 4 is 28.2 Å². The van der Waals surface area contributed by atoms with Crippen molar-refractivity contribution < 1.29 is 9.72 Å². The Kier molecular flexibility index (Phi) is 4.96. The van der Waals surface area contributed by atoms with E-state index in [9.17, 15) is 19.7 Å². The molecular formula is C20H20N4O4. The Morgan fingerprint density at radius 2 is 1.93 bits per heavy atom. The van der Waals surface area contributed by atoms with Crippen molar-refractivity contribution in [3.05, 3.63) is 74.8 Å². The maximum absolute atomic E-state index is 12.6. The fourth-order valence-corrected chi connectivity index (χ4v) is 2.96. The van der Waals surface area contributed by atoms with Gasteiger partial charge in [0.2, 0.25) is 5.91 Å². The number of amides is 1. The molecule has 1 heterocycles. The molecule has 0 fully saturated rings. The summed E-state index contributed by atoms with van der Waals surface area (Å²) < 4.78 is 1.14. The van der Waals surface area contributed by atoms with Crippen LogP contribution in [-0.2, 0) is 16.8 Å². The first-order valence-corrected chi connectivity index (χ1v) is 8.70. The smallest absolute Gasteiger partial charge is 0.270 e. The van der Waals surface area contributed by atoms with Crippen LogP contribution in [0.25, 0.3) is 10.9 Å². The number of nitrogens with zero attached hydrogens (tertiary/aromatic N) is 3. The molecule has 0 aliphatic carbocycles. The van der Waals surface area contributed by atoms with E-state index in [-0.39, 0.29) is 28.9 Å². The topological polar surface area (TPSA) is 107 Å². The summed E-state index contributed by atoms with van der Waals surface area (Å²) in [5, 5.41) is 13.9. The number of carbonyl (C=O) groups is 1. The van der Waals surface area contributed by atoms with Gasteiger partial charge in [0.05, 0.1) is 22.2 Å². The van der Waals surface area contributed by atoms with E-state index in [1.807, 2.05) is 45.0 Å². The highest BCUT2D eigenvalue weighted by molar-refractivity contribution is 5.91. The lowest BCUT2D eigenvalue weighted by atomic mass is 9.86. The van der Waals surface area contributed by atoms with Crippen LogP contribution >= 0.6 is 0 Å². The van der Waals surface area contributed by atoms with Crippen LogP contribution in [0, 0.1) is 10.1 Å². The molecular weight excluding hydrogens is 360 g/mol. The van der Waals surface area contributed by atoms with Gasteiger partial charge in [-0.3, -0.25) is 24.3 Å². The second-order valence-corrected chi connectivity index (χ2v) is 7.48. The quantitative estimate of drug-likeness (QED) is 0.552. The van der Waals surface area contributed by atoms with Gasteiger partial charge in [0.1, 0.15) is 6.54 Å². The Morgan fingerprint density at radius 3 is 2.61 bits per heavy atom. The van der Waals surface area contributed by atoms with Gasteiger partial charge in [-0.05, 0) is 23.1 Å². The van der Waals surface area contributed by atoms with E-state index in [2.05, 4.69) is 10.3 Å². The number of nitrogens with one attached hydrogen (secondary N) is 1. The van der Waals surface area contributed by atoms with Crippen LogP contribution in [0.2, 0.25) is 0 Å². The summed E-state index contributed by atoms with van der Waals surface area (Å²) in [7, 11) is 0. The van der Waals surface area contributed by atoms with Gasteiger partial charge < -0.3 is 5.32 Å². The van der Waals surface area contributed by atoms with Crippen LogP contribution < -0.4 is 10.9 Å². The molecule has 0 aliphatic rings. The zero-order chi connectivity index (χ0) is 20.5. The van der Waals surface area contributed by atoms with Crippen molar-refractivity contribution in [3.8, 4) is 0 Å². The van der Waals surface area contributed by atoms with Crippen LogP contribution in [0.5, 0.6) is 0 Å². The molecule has 1 aromatic heterocycles. The van der Waals surface area contributed by atoms with Crippen molar-refractivity contribution in [2.45, 2.75) is 32.7 Å². The average molecular weight is 380 g/mol. The van der Waals surface area contributed by atoms with E-state index >= 15 is 0 Å². The first-order chi connectivity index (χ1) is 13.2. The standard InChI is InChI=1S/C20H20N4O4/c1-20(2,3)15-6-4-5-7-17(15)22-18(25)11-23-12-21-16-9-8-13(24(27)28)10-14(16)19(23)26/h4-10,12H,11H2,1-3H3,(H,22,25). The number of fused-ring (bicyclic) bond motifs is 1. The maximum Gasteiger partial charge on any atom is 0.270 e. The van der Waals surface area contributed by atoms with E-state index in [0.717, 1.165) is 10.1 Å². The van der Waals surface area contributed by atoms with Crippen molar-refractivity contribution in [1.82, 2.24) is 9.55 Å². The van der Waals surface area contributed by atoms with Gasteiger partial charge in [-0.2, -0.15) is 0 Å². The molecule has 1 amide bonds. The molecule has 0 saturated carbocycles. The van der Waals surface area contributed by atoms with Crippen LogP contribution in [-0.4, -0.2) is 20.4 Å². The van der Waals surface area contributed by atoms with Crippen LogP contribution in [0.15, 0.2) is 53.6 Å². The average Bonchev–Trinajstić information content (AvgIpc) is 2.63. The normalized spacial score (nSPS) is 11.4. The van der Waals surface area contributed by atoms with E-state index in [4.69, 9.17) is 0 Å². The van der Waals surface area contributed by atoms with Crippen molar-refractivity contribution in [3.63, 3.8) is 0 Å². The molecule has 0 unspecified atom stereocenters. The van der Waals surface area contributed by atoms with Crippen LogP contribution in [0.1, 0.15) is 26.3 Å². The number of nitro groups is 1. The first-order valence-electron chi connectivity index (χ1n) is 8.70. The van der Waals surface area contributed by atoms with Crippen LogP contribution in [0.3, 0.4) is 0 Å². The number of para-hydroxylation sites is 1. The molecule has 1 N–H and O–H groups in total. The second-order valence-electron chi connectivity index (χ2n) is 7.48. The maximum atomic E-state index is 12.6. The number of aromatic nitrogens is 2. The summed E-state index contributed by atoms with van der Waals surface area (Å²) in [4.78, 5) is 39.6. The van der Waals surface area contributed by atoms with Crippen molar-refractivity contribution in [2.75, 3.05) is 5.32 Å². The van der Waals surface area contributed by atoms with E-state index in [1.165, 1.54) is 24.5 Å². The Balaban J connectivity index is 1.89. The highest BCUT2D eigenvalue weighted by Gasteiger charge is 2.19. The number of rotatable bonds is 4. The summed E-state index contributed by atoms with van der Waals surface area (Å²) in [6.45, 7) is 5.89. The summed E-state index contributed by atoms with van der Waals surface area (Å²) in [5.41, 5.74) is 1.12. The Hall–Kier alpha value is -3.55. The molecule has 0 radical (unpaired) electrons. The van der Waals surface area contributed by atoms with Gasteiger partial charge in [0.15, 0.2) is 0 Å². The molecule has 0 spiro atoms. The molecule has 0 saturated heterocycles. The summed E-state index contributed by atoms with van der Waals surface area (Å²) in [5.74, 6) is -0.384. The minimum atomic E-state index is -0.577. The number of nitro benzene ring substituents is 1. The lowest BCUT2D eigenvalue weighted by molar-refractivity contribution is -0.384. The van der Waals surface area contributed by atoms with Gasteiger partial charge >= 0.3 is 0 Å². The minimum absolute atomic E-state index is 0.0968. The van der Waals surface area contributed by atoms with Crippen LogP contribution in [0.4, 0.5) is 11.4 Å². The molecule has 3 aromatic rings. The number of non-ortho nitro benzene ring substituents is 1. The predicted molar refractivity (Wildman–Crippen MR) is 106 cm³/mol. The minimum Gasteiger partial charge on any atom is -0.324 e. The number of benzene rings is 2. The van der Waals surface area contributed by atoms with Crippen molar-refractivity contribution in [1.29, 1.82) is 0 Å². The molecule has 28 heavy (non-hydrogen) atoms. The monoisotopic (exact) mass is 380 g/mol. The fourth-order valence-electron chi connectivity index (χ4n) is 2.96. The fraction of sp³-hybridized carbons (Fsp3) is 0.250. The Labute approximate surface area is 161 Å². The molecule has 2 aromatic carbocycles. The third-order valence-electron chi connectivity index (χ3n) is 4.34. The second kappa shape index (κ2) is 7.22. The molecule has 0 atom stereocenters. The number of hydrogen-bond donors (Lipinski definition) is 1. The molecule has 3 rings (SSSR count). The van der Waals surface area contributed by atoms with Gasteiger partial charge in [0.25, 0.3) is 11.2 Å². The predicted octanol–water partition coefficient (Wildman–Crippen LogP) is 3.24. The van der Waals surface area contributed by atoms with E-state index < -0.39 is 10.5 Å². The van der Waals surface area contributed by atoms with Crippen molar-refractivity contribution in [2.24, 2.45) is 0 Å². The van der Waals surface area contributed by atoms with E-state index in [1.54, 1.807) is 0 Å². The van der Waals surface area contributed by atoms with Gasteiger partial charge in [-0.15, -0.1) is 0 Å². The third kappa shape index (κ3) is 3.90. The summed E-state index contributed by atoms with van der Waals surface area (Å²) in [6, 6.07) is 11.4. The van der Waals surface area contributed by atoms with Gasteiger partial charge in [-0.25, -0.2) is 4.98 Å². The SMILES string of the molecule is CC(C)(C)c1ccccc1NC(=O)Cn1cnc2ccc([N+](=O)[O-])cc2c1=O. The number of carbonyl (C=O) groups excluding carboxylic acids is 1. The van der Waals surface area contributed by atoms with Gasteiger partial charge in [-0.1, -0.05) is 39.0 Å².